The first-order valence-electron chi connectivity index (χ1n) is 15.4. The Morgan fingerprint density at radius 1 is 1.02 bits per heavy atom. The van der Waals surface area contributed by atoms with E-state index in [1.54, 1.807) is 40.0 Å². The van der Waals surface area contributed by atoms with Gasteiger partial charge in [-0.25, -0.2) is 24.4 Å². The molecule has 4 heterocycles. The number of aromatic nitrogens is 5. The van der Waals surface area contributed by atoms with Gasteiger partial charge < -0.3 is 19.1 Å². The van der Waals surface area contributed by atoms with Gasteiger partial charge in [-0.3, -0.25) is 14.0 Å². The van der Waals surface area contributed by atoms with E-state index in [1.807, 2.05) is 42.5 Å². The first-order chi connectivity index (χ1) is 22.4. The number of ether oxygens (including phenoxy) is 2. The van der Waals surface area contributed by atoms with Crippen molar-refractivity contribution < 1.29 is 24.2 Å². The quantitative estimate of drug-likeness (QED) is 0.237. The monoisotopic (exact) mass is 638 g/mol. The lowest BCUT2D eigenvalue weighted by Gasteiger charge is -2.21. The molecule has 0 saturated carbocycles. The van der Waals surface area contributed by atoms with Crippen LogP contribution in [-0.2, 0) is 23.7 Å². The molecule has 1 saturated heterocycles. The molecule has 3 aromatic heterocycles. The number of rotatable bonds is 8. The molecule has 6 rings (SSSR count). The highest BCUT2D eigenvalue weighted by Crippen LogP contribution is 2.35. The molecule has 1 aliphatic rings. The number of pyridine rings is 1. The number of likely N-dealkylation sites (tertiary alicyclic amines) is 1. The van der Waals surface area contributed by atoms with Crippen molar-refractivity contribution >= 4 is 23.1 Å². The van der Waals surface area contributed by atoms with Crippen molar-refractivity contribution in [3.05, 3.63) is 94.1 Å². The number of fused-ring (bicyclic) bond motifs is 1. The number of imidazole rings is 2. The SMILES string of the molecule is COC(=O)c1ccc(-c2ccc(-n3c(=O)n([C@H]4CCN(Cc5ncc(C(=O)O)n5C)C4)c4nc(C(C)(C)C)c(OC)cc43)cc2)cc1. The molecule has 1 aliphatic heterocycles. The number of carboxylic acids is 1. The molecule has 0 radical (unpaired) electrons. The van der Waals surface area contributed by atoms with Crippen molar-refractivity contribution in [3.8, 4) is 22.6 Å². The van der Waals surface area contributed by atoms with E-state index in [0.717, 1.165) is 16.8 Å². The Balaban J connectivity index is 1.39. The normalized spacial score (nSPS) is 15.3. The highest BCUT2D eigenvalue weighted by atomic mass is 16.5. The molecular formula is C35H38N6O6. The van der Waals surface area contributed by atoms with Crippen molar-refractivity contribution in [2.45, 2.75) is 45.2 Å². The van der Waals surface area contributed by atoms with Crippen molar-refractivity contribution in [3.63, 3.8) is 0 Å². The summed E-state index contributed by atoms with van der Waals surface area (Å²) in [6, 6.07) is 16.6. The van der Waals surface area contributed by atoms with Crippen molar-refractivity contribution in [2.75, 3.05) is 27.3 Å². The third-order valence-electron chi connectivity index (χ3n) is 8.79. The minimum Gasteiger partial charge on any atom is -0.495 e. The van der Waals surface area contributed by atoms with E-state index < -0.39 is 11.9 Å². The summed E-state index contributed by atoms with van der Waals surface area (Å²) in [4.78, 5) is 49.4. The predicted octanol–water partition coefficient (Wildman–Crippen LogP) is 4.83. The third-order valence-corrected chi connectivity index (χ3v) is 8.79. The van der Waals surface area contributed by atoms with Crippen LogP contribution in [0.2, 0.25) is 0 Å². The molecule has 1 N–H and O–H groups in total. The number of methoxy groups -OCH3 is 2. The molecule has 0 amide bonds. The highest BCUT2D eigenvalue weighted by Gasteiger charge is 2.32. The number of nitrogens with zero attached hydrogens (tertiary/aromatic N) is 6. The first kappa shape index (κ1) is 31.7. The van der Waals surface area contributed by atoms with Crippen LogP contribution in [0.4, 0.5) is 0 Å². The van der Waals surface area contributed by atoms with Gasteiger partial charge in [0.05, 0.1) is 55.5 Å². The van der Waals surface area contributed by atoms with Gasteiger partial charge in [0.2, 0.25) is 0 Å². The predicted molar refractivity (Wildman–Crippen MR) is 176 cm³/mol. The average molecular weight is 639 g/mol. The van der Waals surface area contributed by atoms with E-state index >= 15 is 0 Å². The third kappa shape index (κ3) is 5.80. The van der Waals surface area contributed by atoms with Gasteiger partial charge in [0.15, 0.2) is 5.65 Å². The fraction of sp³-hybridized carbons (Fsp3) is 0.343. The number of carbonyl (C=O) groups excluding carboxylic acids is 1. The van der Waals surface area contributed by atoms with E-state index in [4.69, 9.17) is 14.5 Å². The molecule has 12 heteroatoms. The summed E-state index contributed by atoms with van der Waals surface area (Å²) in [6.07, 6.45) is 2.09. The van der Waals surface area contributed by atoms with Gasteiger partial charge in [-0.1, -0.05) is 45.0 Å². The van der Waals surface area contributed by atoms with Gasteiger partial charge in [0.1, 0.15) is 17.3 Å². The van der Waals surface area contributed by atoms with Gasteiger partial charge in [-0.05, 0) is 41.8 Å². The maximum absolute atomic E-state index is 14.4. The van der Waals surface area contributed by atoms with Gasteiger partial charge in [-0.2, -0.15) is 0 Å². The Morgan fingerprint density at radius 3 is 2.26 bits per heavy atom. The van der Waals surface area contributed by atoms with E-state index in [-0.39, 0.29) is 22.8 Å². The minimum absolute atomic E-state index is 0.132. The van der Waals surface area contributed by atoms with Gasteiger partial charge in [0, 0.05) is 31.6 Å². The fourth-order valence-corrected chi connectivity index (χ4v) is 6.27. The molecule has 244 valence electrons. The summed E-state index contributed by atoms with van der Waals surface area (Å²) in [5.74, 6) is -0.160. The lowest BCUT2D eigenvalue weighted by Crippen LogP contribution is -2.29. The summed E-state index contributed by atoms with van der Waals surface area (Å²) >= 11 is 0. The molecular weight excluding hydrogens is 600 g/mol. The maximum atomic E-state index is 14.4. The zero-order chi connectivity index (χ0) is 33.6. The smallest absolute Gasteiger partial charge is 0.354 e. The summed E-state index contributed by atoms with van der Waals surface area (Å²) in [7, 11) is 4.66. The van der Waals surface area contributed by atoms with E-state index in [2.05, 4.69) is 30.7 Å². The van der Waals surface area contributed by atoms with E-state index in [0.29, 0.717) is 60.0 Å². The van der Waals surface area contributed by atoms with Crippen molar-refractivity contribution in [1.82, 2.24) is 28.6 Å². The Kier molecular flexibility index (Phi) is 8.22. The van der Waals surface area contributed by atoms with E-state index in [1.165, 1.54) is 13.3 Å². The van der Waals surface area contributed by atoms with Crippen LogP contribution in [0.1, 0.15) is 65.6 Å². The number of carboxylic acid groups (broad SMARTS) is 1. The second-order valence-electron chi connectivity index (χ2n) is 12.8. The zero-order valence-electron chi connectivity index (χ0n) is 27.4. The van der Waals surface area contributed by atoms with Crippen LogP contribution in [0.25, 0.3) is 28.0 Å². The van der Waals surface area contributed by atoms with Crippen molar-refractivity contribution in [2.24, 2.45) is 7.05 Å². The standard InChI is InChI=1S/C35H38N6O6/c1-35(2,3)30-28(46-5)17-26-31(37-30)41(25-15-16-39(19-25)20-29-36-18-27(32(42)43)38(29)4)34(45)40(26)24-13-11-22(12-14-24)21-7-9-23(10-8-21)33(44)47-6/h7-14,17-18,25H,15-16,19-20H2,1-6H3,(H,42,43)/t25-/m0/s1. The first-order valence-corrected chi connectivity index (χ1v) is 15.4. The second-order valence-corrected chi connectivity index (χ2v) is 12.8. The maximum Gasteiger partial charge on any atom is 0.354 e. The summed E-state index contributed by atoms with van der Waals surface area (Å²) in [5.41, 5.74) is 4.58. The van der Waals surface area contributed by atoms with Gasteiger partial charge in [-0.15, -0.1) is 0 Å². The van der Waals surface area contributed by atoms with Gasteiger partial charge >= 0.3 is 17.6 Å². The Bertz CT molecular complexity index is 2030. The van der Waals surface area contributed by atoms with Crippen LogP contribution in [-0.4, -0.2) is 72.9 Å². The summed E-state index contributed by atoms with van der Waals surface area (Å²) in [6.45, 7) is 7.95. The average Bonchev–Trinajstić information content (AvgIpc) is 3.74. The van der Waals surface area contributed by atoms with Crippen LogP contribution in [0.5, 0.6) is 5.75 Å². The van der Waals surface area contributed by atoms with E-state index in [9.17, 15) is 19.5 Å². The van der Waals surface area contributed by atoms with Gasteiger partial charge in [0.25, 0.3) is 0 Å². The number of benzene rings is 2. The molecule has 2 aromatic carbocycles. The molecule has 0 aliphatic carbocycles. The zero-order valence-corrected chi connectivity index (χ0v) is 27.4. The summed E-state index contributed by atoms with van der Waals surface area (Å²) in [5, 5.41) is 9.44. The molecule has 0 spiro atoms. The number of hydrogen-bond donors (Lipinski definition) is 1. The molecule has 0 unspecified atom stereocenters. The Hall–Kier alpha value is -5.23. The molecule has 47 heavy (non-hydrogen) atoms. The highest BCUT2D eigenvalue weighted by molar-refractivity contribution is 5.90. The van der Waals surface area contributed by atoms with Crippen LogP contribution in [0.15, 0.2) is 65.6 Å². The minimum atomic E-state index is -1.02. The molecule has 1 fully saturated rings. The molecule has 1 atom stereocenters. The topological polar surface area (TPSA) is 134 Å². The largest absolute Gasteiger partial charge is 0.495 e. The number of hydrogen-bond acceptors (Lipinski definition) is 8. The number of aromatic carboxylic acids is 1. The Morgan fingerprint density at radius 2 is 1.68 bits per heavy atom. The fourth-order valence-electron chi connectivity index (χ4n) is 6.27. The molecule has 5 aromatic rings. The lowest BCUT2D eigenvalue weighted by molar-refractivity contribution is 0.0599. The van der Waals surface area contributed by atoms with Crippen LogP contribution >= 0.6 is 0 Å². The number of carbonyl (C=O) groups is 2. The van der Waals surface area contributed by atoms with Crippen LogP contribution in [0.3, 0.4) is 0 Å². The number of esters is 1. The second kappa shape index (κ2) is 12.2. The lowest BCUT2D eigenvalue weighted by atomic mass is 9.91. The Labute approximate surface area is 271 Å². The molecule has 12 nitrogen and oxygen atoms in total. The van der Waals surface area contributed by atoms with Crippen LogP contribution in [0, 0.1) is 0 Å². The van der Waals surface area contributed by atoms with Crippen LogP contribution < -0.4 is 10.4 Å². The summed E-state index contributed by atoms with van der Waals surface area (Å²) < 4.78 is 15.7. The molecule has 0 bridgehead atoms. The van der Waals surface area contributed by atoms with Crippen molar-refractivity contribution in [1.29, 1.82) is 0 Å².